The number of fused-ring (bicyclic) bond motifs is 1. The minimum Gasteiger partial charge on any atom is -0.371 e. The minimum atomic E-state index is -0.394. The summed E-state index contributed by atoms with van der Waals surface area (Å²) in [6.45, 7) is 10.6. The highest BCUT2D eigenvalue weighted by atomic mass is 19.1. The van der Waals surface area contributed by atoms with E-state index in [1.54, 1.807) is 24.5 Å². The molecule has 2 aromatic heterocycles. The first-order valence-corrected chi connectivity index (χ1v) is 16.9. The summed E-state index contributed by atoms with van der Waals surface area (Å²) in [7, 11) is 0. The van der Waals surface area contributed by atoms with Crippen molar-refractivity contribution in [1.82, 2.24) is 19.5 Å². The average molecular weight is 669 g/mol. The summed E-state index contributed by atoms with van der Waals surface area (Å²) in [5.74, 6) is 0.109. The van der Waals surface area contributed by atoms with Gasteiger partial charge in [-0.1, -0.05) is 87.2 Å². The van der Waals surface area contributed by atoms with Crippen LogP contribution in [0.3, 0.4) is 0 Å². The topological polar surface area (TPSA) is 91.2 Å². The number of hydrogen-bond acceptors (Lipinski definition) is 7. The van der Waals surface area contributed by atoms with Crippen LogP contribution in [0, 0.1) is 5.82 Å². The highest BCUT2D eigenvalue weighted by Gasteiger charge is 2.21. The van der Waals surface area contributed by atoms with Gasteiger partial charge in [-0.05, 0) is 66.4 Å². The van der Waals surface area contributed by atoms with Crippen molar-refractivity contribution < 1.29 is 9.18 Å². The summed E-state index contributed by atoms with van der Waals surface area (Å²) < 4.78 is 17.6. The van der Waals surface area contributed by atoms with E-state index in [9.17, 15) is 4.79 Å². The second-order valence-corrected chi connectivity index (χ2v) is 12.0. The van der Waals surface area contributed by atoms with Crippen molar-refractivity contribution in [2.45, 2.75) is 39.8 Å². The molecule has 50 heavy (non-hydrogen) atoms. The molecule has 0 aliphatic rings. The van der Waals surface area contributed by atoms with E-state index in [1.165, 1.54) is 6.08 Å². The van der Waals surface area contributed by atoms with E-state index in [-0.39, 0.29) is 17.5 Å². The fourth-order valence-electron chi connectivity index (χ4n) is 5.92. The van der Waals surface area contributed by atoms with Crippen LogP contribution in [0.4, 0.5) is 33.2 Å². The van der Waals surface area contributed by atoms with Gasteiger partial charge < -0.3 is 20.4 Å². The molecule has 0 aliphatic heterocycles. The summed E-state index contributed by atoms with van der Waals surface area (Å²) in [6, 6.07) is 33.0. The number of amides is 1. The molecule has 2 N–H and O–H groups in total. The maximum absolute atomic E-state index is 15.8. The number of rotatable bonds is 15. The second kappa shape index (κ2) is 15.9. The lowest BCUT2D eigenvalue weighted by molar-refractivity contribution is -0.111. The first kappa shape index (κ1) is 33.9. The lowest BCUT2D eigenvalue weighted by Gasteiger charge is -2.25. The Kier molecular flexibility index (Phi) is 10.8. The Bertz CT molecular complexity index is 2020. The summed E-state index contributed by atoms with van der Waals surface area (Å²) in [5.41, 5.74) is 5.72. The summed E-state index contributed by atoms with van der Waals surface area (Å²) >= 11 is 0. The molecule has 2 heterocycles. The van der Waals surface area contributed by atoms with Crippen LogP contribution in [-0.4, -0.2) is 38.5 Å². The zero-order chi connectivity index (χ0) is 34.9. The highest BCUT2D eigenvalue weighted by Crippen LogP contribution is 2.31. The molecule has 4 aromatic carbocycles. The molecule has 0 aliphatic carbocycles. The van der Waals surface area contributed by atoms with Gasteiger partial charge in [0.1, 0.15) is 12.1 Å². The lowest BCUT2D eigenvalue weighted by atomic mass is 10.1. The van der Waals surface area contributed by atoms with E-state index in [1.807, 2.05) is 65.2 Å². The van der Waals surface area contributed by atoms with Crippen LogP contribution >= 0.6 is 0 Å². The van der Waals surface area contributed by atoms with Crippen molar-refractivity contribution in [1.29, 1.82) is 0 Å². The van der Waals surface area contributed by atoms with Crippen LogP contribution in [0.2, 0.25) is 0 Å². The Hall–Kier alpha value is -6.03. The van der Waals surface area contributed by atoms with Crippen LogP contribution < -0.4 is 20.4 Å². The van der Waals surface area contributed by atoms with Crippen LogP contribution in [0.1, 0.15) is 37.8 Å². The largest absolute Gasteiger partial charge is 0.371 e. The molecule has 6 rings (SSSR count). The van der Waals surface area contributed by atoms with E-state index in [4.69, 9.17) is 15.0 Å². The molecule has 0 radical (unpaired) electrons. The molecule has 0 atom stereocenters. The van der Waals surface area contributed by atoms with E-state index in [0.29, 0.717) is 35.8 Å². The van der Waals surface area contributed by atoms with Gasteiger partial charge in [-0.25, -0.2) is 9.37 Å². The molecule has 0 unspecified atom stereocenters. The Morgan fingerprint density at radius 1 is 0.840 bits per heavy atom. The number of hydrogen-bond donors (Lipinski definition) is 2. The molecular weight excluding hydrogens is 627 g/mol. The predicted molar refractivity (Wildman–Crippen MR) is 201 cm³/mol. The lowest BCUT2D eigenvalue weighted by Crippen LogP contribution is -2.25. The van der Waals surface area contributed by atoms with Crippen LogP contribution in [0.5, 0.6) is 0 Å². The first-order chi connectivity index (χ1) is 24.4. The van der Waals surface area contributed by atoms with E-state index < -0.39 is 5.82 Å². The number of nitrogens with one attached hydrogen (secondary N) is 2. The zero-order valence-electron chi connectivity index (χ0n) is 28.4. The molecule has 0 bridgehead atoms. The molecule has 0 spiro atoms. The third kappa shape index (κ3) is 7.98. The maximum atomic E-state index is 15.8. The number of halogens is 1. The summed E-state index contributed by atoms with van der Waals surface area (Å²) in [4.78, 5) is 31.1. The molecule has 1 amide bonds. The molecule has 9 nitrogen and oxygen atoms in total. The molecule has 0 saturated heterocycles. The van der Waals surface area contributed by atoms with Crippen LogP contribution in [0.15, 0.2) is 122 Å². The van der Waals surface area contributed by atoms with Crippen molar-refractivity contribution in [3.8, 4) is 5.69 Å². The Balaban J connectivity index is 1.47. The number of benzene rings is 4. The SMILES string of the molecule is C=CC(=O)Nc1cccc(-n2cnc3c(N(Cc4ccccc4)Cc4ccccc4)nc(Nc4ccc(N(CCC)CCC)cc4F)nc32)c1. The zero-order valence-corrected chi connectivity index (χ0v) is 28.4. The van der Waals surface area contributed by atoms with Gasteiger partial charge in [-0.2, -0.15) is 9.97 Å². The maximum Gasteiger partial charge on any atom is 0.247 e. The monoisotopic (exact) mass is 668 g/mol. The number of imidazole rings is 1. The summed E-state index contributed by atoms with van der Waals surface area (Å²) in [6.07, 6.45) is 4.85. The van der Waals surface area contributed by atoms with Crippen LogP contribution in [0.25, 0.3) is 16.9 Å². The van der Waals surface area contributed by atoms with Gasteiger partial charge in [0.25, 0.3) is 0 Å². The number of aromatic nitrogens is 4. The fraction of sp³-hybridized carbons (Fsp3) is 0.200. The molecule has 10 heteroatoms. The van der Waals surface area contributed by atoms with Crippen molar-refractivity contribution in [2.24, 2.45) is 0 Å². The van der Waals surface area contributed by atoms with E-state index in [0.717, 1.165) is 48.4 Å². The van der Waals surface area contributed by atoms with Gasteiger partial charge in [0.15, 0.2) is 17.0 Å². The van der Waals surface area contributed by atoms with Crippen molar-refractivity contribution >= 4 is 45.9 Å². The number of anilines is 5. The van der Waals surface area contributed by atoms with Gasteiger partial charge in [-0.15, -0.1) is 0 Å². The van der Waals surface area contributed by atoms with Gasteiger partial charge in [-0.3, -0.25) is 9.36 Å². The molecule has 254 valence electrons. The average Bonchev–Trinajstić information content (AvgIpc) is 3.57. The normalized spacial score (nSPS) is 10.9. The van der Waals surface area contributed by atoms with E-state index in [2.05, 4.69) is 65.1 Å². The van der Waals surface area contributed by atoms with Crippen LogP contribution in [-0.2, 0) is 17.9 Å². The second-order valence-electron chi connectivity index (χ2n) is 12.0. The number of nitrogens with zero attached hydrogens (tertiary/aromatic N) is 6. The van der Waals surface area contributed by atoms with Gasteiger partial charge in [0.2, 0.25) is 11.9 Å². The molecular formula is C40H41FN8O. The van der Waals surface area contributed by atoms with Gasteiger partial charge in [0.05, 0.1) is 11.4 Å². The fourth-order valence-corrected chi connectivity index (χ4v) is 5.92. The quantitative estimate of drug-likeness (QED) is 0.106. The highest BCUT2D eigenvalue weighted by molar-refractivity contribution is 5.99. The molecule has 6 aromatic rings. The van der Waals surface area contributed by atoms with Crippen molar-refractivity contribution in [2.75, 3.05) is 33.5 Å². The van der Waals surface area contributed by atoms with Gasteiger partial charge >= 0.3 is 0 Å². The standard InChI is InChI=1S/C40H41FN8O/c1-4-22-47(23-5-2)32-20-21-35(34(41)25-32)44-40-45-38(48(26-29-14-9-7-10-15-29)27-30-16-11-8-12-17-30)37-39(46-40)49(28-42-37)33-19-13-18-31(24-33)43-36(50)6-3/h6-21,24-25,28H,3-5,22-23,26-27H2,1-2H3,(H,43,50)(H,44,45,46). The predicted octanol–water partition coefficient (Wildman–Crippen LogP) is 8.66. The third-order valence-electron chi connectivity index (χ3n) is 8.24. The number of carbonyl (C=O) groups excluding carboxylic acids is 1. The molecule has 0 fully saturated rings. The first-order valence-electron chi connectivity index (χ1n) is 16.9. The third-order valence-corrected chi connectivity index (χ3v) is 8.24. The Morgan fingerprint density at radius 2 is 1.52 bits per heavy atom. The number of carbonyl (C=O) groups is 1. The Morgan fingerprint density at radius 3 is 2.14 bits per heavy atom. The minimum absolute atomic E-state index is 0.224. The van der Waals surface area contributed by atoms with Gasteiger partial charge in [0, 0.05) is 37.6 Å². The van der Waals surface area contributed by atoms with E-state index >= 15 is 4.39 Å². The molecule has 0 saturated carbocycles. The van der Waals surface area contributed by atoms with Crippen molar-refractivity contribution in [3.63, 3.8) is 0 Å². The Labute approximate surface area is 292 Å². The summed E-state index contributed by atoms with van der Waals surface area (Å²) in [5, 5.41) is 5.99. The van der Waals surface area contributed by atoms with Crippen molar-refractivity contribution in [3.05, 3.63) is 139 Å². The smallest absolute Gasteiger partial charge is 0.247 e.